The maximum Gasteiger partial charge on any atom is 0.300 e. The summed E-state index contributed by atoms with van der Waals surface area (Å²) in [7, 11) is 0. The highest BCUT2D eigenvalue weighted by Crippen LogP contribution is 2.29. The van der Waals surface area contributed by atoms with Crippen LogP contribution in [0.15, 0.2) is 53.1 Å². The molecule has 1 heterocycles. The van der Waals surface area contributed by atoms with Gasteiger partial charge in [0.15, 0.2) is 0 Å². The van der Waals surface area contributed by atoms with Gasteiger partial charge < -0.3 is 4.52 Å². The number of anilines is 1. The Morgan fingerprint density at radius 2 is 1.79 bits per heavy atom. The van der Waals surface area contributed by atoms with Crippen molar-refractivity contribution in [3.8, 4) is 11.3 Å². The predicted octanol–water partition coefficient (Wildman–Crippen LogP) is 3.22. The molecule has 0 aliphatic rings. The molecule has 3 aromatic rings. The second-order valence-corrected chi connectivity index (χ2v) is 5.62. The van der Waals surface area contributed by atoms with E-state index < -0.39 is 27.1 Å². The van der Waals surface area contributed by atoms with Crippen LogP contribution in [0.5, 0.6) is 0 Å². The van der Waals surface area contributed by atoms with Gasteiger partial charge in [0.2, 0.25) is 0 Å². The molecule has 0 bridgehead atoms. The zero-order valence-electron chi connectivity index (χ0n) is 14.4. The smallest absolute Gasteiger partial charge is 0.300 e. The van der Waals surface area contributed by atoms with Crippen molar-refractivity contribution in [1.29, 1.82) is 0 Å². The van der Waals surface area contributed by atoms with Crippen LogP contribution in [-0.4, -0.2) is 20.9 Å². The lowest BCUT2D eigenvalue weighted by atomic mass is 10.1. The topological polar surface area (TPSA) is 153 Å². The summed E-state index contributed by atoms with van der Waals surface area (Å²) in [5.41, 5.74) is 4.78. The zero-order valence-corrected chi connectivity index (χ0v) is 14.4. The van der Waals surface area contributed by atoms with E-state index >= 15 is 0 Å². The first-order valence-electron chi connectivity index (χ1n) is 7.89. The fourth-order valence-electron chi connectivity index (χ4n) is 2.51. The van der Waals surface area contributed by atoms with Gasteiger partial charge >= 0.3 is 5.69 Å². The Morgan fingerprint density at radius 1 is 1.07 bits per heavy atom. The molecule has 1 aromatic heterocycles. The number of benzene rings is 2. The summed E-state index contributed by atoms with van der Waals surface area (Å²) in [6.07, 6.45) is 0. The lowest BCUT2D eigenvalue weighted by molar-refractivity contribution is -0.393. The molecule has 11 nitrogen and oxygen atoms in total. The number of hydrazine groups is 1. The molecule has 142 valence electrons. The molecule has 0 unspecified atom stereocenters. The number of rotatable bonds is 6. The van der Waals surface area contributed by atoms with Gasteiger partial charge in [-0.2, -0.15) is 0 Å². The molecule has 2 N–H and O–H groups in total. The third-order valence-corrected chi connectivity index (χ3v) is 3.84. The number of aromatic nitrogens is 1. The van der Waals surface area contributed by atoms with E-state index in [9.17, 15) is 25.0 Å². The number of non-ortho nitro benzene ring substituents is 1. The minimum absolute atomic E-state index is 0.112. The fraction of sp³-hybridized carbons (Fsp3) is 0.0588. The summed E-state index contributed by atoms with van der Waals surface area (Å²) in [6, 6.07) is 11.9. The van der Waals surface area contributed by atoms with Crippen molar-refractivity contribution >= 4 is 23.0 Å². The highest BCUT2D eigenvalue weighted by molar-refractivity contribution is 6.01. The molecule has 28 heavy (non-hydrogen) atoms. The Labute approximate surface area is 157 Å². The summed E-state index contributed by atoms with van der Waals surface area (Å²) < 4.78 is 5.11. The average Bonchev–Trinajstić information content (AvgIpc) is 3.08. The number of nitro benzene ring substituents is 2. The van der Waals surface area contributed by atoms with Crippen molar-refractivity contribution in [2.45, 2.75) is 6.92 Å². The highest BCUT2D eigenvalue weighted by Gasteiger charge is 2.23. The van der Waals surface area contributed by atoms with Gasteiger partial charge in [-0.05, 0) is 13.0 Å². The normalized spacial score (nSPS) is 10.3. The van der Waals surface area contributed by atoms with Crippen LogP contribution in [-0.2, 0) is 0 Å². The second kappa shape index (κ2) is 7.53. The van der Waals surface area contributed by atoms with E-state index in [2.05, 4.69) is 16.0 Å². The van der Waals surface area contributed by atoms with E-state index in [1.807, 2.05) is 6.07 Å². The molecule has 0 saturated carbocycles. The Hall–Kier alpha value is -4.28. The van der Waals surface area contributed by atoms with Crippen LogP contribution < -0.4 is 10.9 Å². The molecule has 0 radical (unpaired) electrons. The molecule has 3 rings (SSSR count). The Kier molecular flexibility index (Phi) is 4.98. The van der Waals surface area contributed by atoms with Crippen molar-refractivity contribution in [2.24, 2.45) is 0 Å². The molecule has 0 aliphatic heterocycles. The van der Waals surface area contributed by atoms with Gasteiger partial charge in [0, 0.05) is 11.6 Å². The second-order valence-electron chi connectivity index (χ2n) is 5.62. The van der Waals surface area contributed by atoms with Gasteiger partial charge in [0.05, 0.1) is 15.9 Å². The van der Waals surface area contributed by atoms with E-state index in [4.69, 9.17) is 4.52 Å². The first-order chi connectivity index (χ1) is 13.4. The van der Waals surface area contributed by atoms with Gasteiger partial charge in [-0.15, -0.1) is 0 Å². The molecule has 0 fully saturated rings. The average molecular weight is 383 g/mol. The van der Waals surface area contributed by atoms with Gasteiger partial charge in [-0.3, -0.25) is 35.9 Å². The number of hydrogen-bond donors (Lipinski definition) is 2. The number of nitro groups is 2. The van der Waals surface area contributed by atoms with Crippen molar-refractivity contribution in [3.63, 3.8) is 0 Å². The number of carbonyl (C=O) groups is 1. The minimum Gasteiger partial charge on any atom is -0.360 e. The van der Waals surface area contributed by atoms with Crippen LogP contribution in [0.3, 0.4) is 0 Å². The van der Waals surface area contributed by atoms with Gasteiger partial charge in [-0.25, -0.2) is 0 Å². The number of amides is 1. The summed E-state index contributed by atoms with van der Waals surface area (Å²) in [4.78, 5) is 33.0. The van der Waals surface area contributed by atoms with Crippen LogP contribution in [0.25, 0.3) is 11.3 Å². The van der Waals surface area contributed by atoms with Crippen molar-refractivity contribution in [3.05, 3.63) is 80.1 Å². The molecular formula is C17H13N5O6. The first-order valence-corrected chi connectivity index (χ1v) is 7.89. The van der Waals surface area contributed by atoms with E-state index in [1.54, 1.807) is 31.2 Å². The maximum absolute atomic E-state index is 12.6. The predicted molar refractivity (Wildman–Crippen MR) is 97.5 cm³/mol. The zero-order chi connectivity index (χ0) is 20.3. The SMILES string of the molecule is Cc1onc(-c2ccccc2)c1C(=O)NNc1ccc([N+](=O)[O-])cc1[N+](=O)[O-]. The third kappa shape index (κ3) is 3.62. The van der Waals surface area contributed by atoms with Gasteiger partial charge in [0.1, 0.15) is 22.7 Å². The lowest BCUT2D eigenvalue weighted by Crippen LogP contribution is -2.30. The van der Waals surface area contributed by atoms with Crippen molar-refractivity contribution < 1.29 is 19.2 Å². The van der Waals surface area contributed by atoms with Crippen molar-refractivity contribution in [2.75, 3.05) is 5.43 Å². The molecule has 0 aliphatic carbocycles. The molecule has 11 heteroatoms. The standard InChI is InChI=1S/C17H13N5O6/c1-10-15(16(20-28-10)11-5-3-2-4-6-11)17(23)19-18-13-8-7-12(21(24)25)9-14(13)22(26)27/h2-9,18H,1H3,(H,19,23). The third-order valence-electron chi connectivity index (χ3n) is 3.84. The quantitative estimate of drug-likeness (QED) is 0.486. The van der Waals surface area contributed by atoms with Crippen LogP contribution in [0, 0.1) is 27.2 Å². The van der Waals surface area contributed by atoms with Gasteiger partial charge in [-0.1, -0.05) is 35.5 Å². The maximum atomic E-state index is 12.6. The Balaban J connectivity index is 1.85. The number of carbonyl (C=O) groups excluding carboxylic acids is 1. The molecular weight excluding hydrogens is 370 g/mol. The van der Waals surface area contributed by atoms with Crippen molar-refractivity contribution in [1.82, 2.24) is 10.6 Å². The fourth-order valence-corrected chi connectivity index (χ4v) is 2.51. The summed E-state index contributed by atoms with van der Waals surface area (Å²) in [5, 5.41) is 25.9. The van der Waals surface area contributed by atoms with E-state index in [1.165, 1.54) is 0 Å². The van der Waals surface area contributed by atoms with Crippen LogP contribution >= 0.6 is 0 Å². The van der Waals surface area contributed by atoms with Crippen LogP contribution in [0.2, 0.25) is 0 Å². The first kappa shape index (κ1) is 18.5. The highest BCUT2D eigenvalue weighted by atomic mass is 16.6. The number of nitrogens with zero attached hydrogens (tertiary/aromatic N) is 3. The molecule has 1 amide bonds. The van der Waals surface area contributed by atoms with E-state index in [-0.39, 0.29) is 17.0 Å². The monoisotopic (exact) mass is 383 g/mol. The largest absolute Gasteiger partial charge is 0.360 e. The lowest BCUT2D eigenvalue weighted by Gasteiger charge is -2.09. The molecule has 0 atom stereocenters. The number of hydrogen-bond acceptors (Lipinski definition) is 8. The molecule has 2 aromatic carbocycles. The summed E-state index contributed by atoms with van der Waals surface area (Å²) in [6.45, 7) is 1.56. The number of aryl methyl sites for hydroxylation is 1. The molecule has 0 saturated heterocycles. The minimum atomic E-state index is -0.790. The Bertz CT molecular complexity index is 1060. The van der Waals surface area contributed by atoms with Crippen LogP contribution in [0.1, 0.15) is 16.1 Å². The summed E-state index contributed by atoms with van der Waals surface area (Å²) in [5.74, 6) is -0.374. The molecule has 0 spiro atoms. The Morgan fingerprint density at radius 3 is 2.43 bits per heavy atom. The summed E-state index contributed by atoms with van der Waals surface area (Å²) >= 11 is 0. The van der Waals surface area contributed by atoms with Crippen LogP contribution in [0.4, 0.5) is 17.1 Å². The van der Waals surface area contributed by atoms with E-state index in [0.29, 0.717) is 11.3 Å². The van der Waals surface area contributed by atoms with Gasteiger partial charge in [0.25, 0.3) is 11.6 Å². The van der Waals surface area contributed by atoms with E-state index in [0.717, 1.165) is 18.2 Å². The number of nitrogens with one attached hydrogen (secondary N) is 2.